The monoisotopic (exact) mass is 258 g/mol. The summed E-state index contributed by atoms with van der Waals surface area (Å²) < 4.78 is 0. The Labute approximate surface area is 114 Å². The van der Waals surface area contributed by atoms with Gasteiger partial charge in [-0.2, -0.15) is 5.10 Å². The van der Waals surface area contributed by atoms with Gasteiger partial charge in [-0.1, -0.05) is 57.2 Å². The summed E-state index contributed by atoms with van der Waals surface area (Å²) in [6.07, 6.45) is 7.83. The van der Waals surface area contributed by atoms with Crippen LogP contribution >= 0.6 is 0 Å². The quantitative estimate of drug-likeness (QED) is 0.560. The Balaban J connectivity index is 1.83. The van der Waals surface area contributed by atoms with Crippen molar-refractivity contribution in [1.29, 1.82) is 0 Å². The molecule has 0 unspecified atom stereocenters. The number of carbonyl (C=O) groups is 1. The summed E-state index contributed by atoms with van der Waals surface area (Å²) in [5, 5.41) is 8.01. The third-order valence-corrected chi connectivity index (χ3v) is 3.49. The Morgan fingerprint density at radius 3 is 2.68 bits per heavy atom. The molecule has 0 fully saturated rings. The third kappa shape index (κ3) is 3.66. The van der Waals surface area contributed by atoms with Gasteiger partial charge in [0.05, 0.1) is 5.52 Å². The van der Waals surface area contributed by atoms with E-state index in [1.165, 1.54) is 25.7 Å². The molecular weight excluding hydrogens is 236 g/mol. The lowest BCUT2D eigenvalue weighted by molar-refractivity contribution is 0.0976. The predicted molar refractivity (Wildman–Crippen MR) is 78.4 cm³/mol. The van der Waals surface area contributed by atoms with E-state index in [0.29, 0.717) is 12.1 Å². The van der Waals surface area contributed by atoms with Gasteiger partial charge in [-0.05, 0) is 12.5 Å². The molecule has 1 aromatic heterocycles. The third-order valence-electron chi connectivity index (χ3n) is 3.49. The summed E-state index contributed by atoms with van der Waals surface area (Å²) >= 11 is 0. The van der Waals surface area contributed by atoms with E-state index in [0.717, 1.165) is 23.7 Å². The summed E-state index contributed by atoms with van der Waals surface area (Å²) in [7, 11) is 0. The second kappa shape index (κ2) is 7.07. The summed E-state index contributed by atoms with van der Waals surface area (Å²) in [5.74, 6) is 0.160. The van der Waals surface area contributed by atoms with E-state index in [4.69, 9.17) is 0 Å². The number of fused-ring (bicyclic) bond motifs is 1. The summed E-state index contributed by atoms with van der Waals surface area (Å²) in [4.78, 5) is 12.1. The fourth-order valence-electron chi connectivity index (χ4n) is 2.36. The van der Waals surface area contributed by atoms with Gasteiger partial charge in [0.15, 0.2) is 5.78 Å². The number of H-pyrrole nitrogens is 1. The highest BCUT2D eigenvalue weighted by Crippen LogP contribution is 2.18. The first-order chi connectivity index (χ1) is 9.33. The van der Waals surface area contributed by atoms with Crippen molar-refractivity contribution in [1.82, 2.24) is 10.2 Å². The number of Topliss-reactive ketones (excluding diaryl/α,β-unsaturated/α-hetero) is 1. The minimum Gasteiger partial charge on any atom is -0.292 e. The molecule has 0 atom stereocenters. The van der Waals surface area contributed by atoms with Crippen molar-refractivity contribution in [3.05, 3.63) is 30.0 Å². The van der Waals surface area contributed by atoms with Crippen LogP contribution in [0.3, 0.4) is 0 Å². The molecule has 0 saturated heterocycles. The Morgan fingerprint density at radius 1 is 1.11 bits per heavy atom. The summed E-state index contributed by atoms with van der Waals surface area (Å²) in [6, 6.07) is 7.79. The number of rotatable bonds is 8. The van der Waals surface area contributed by atoms with Crippen molar-refractivity contribution < 1.29 is 4.79 Å². The number of nitrogens with one attached hydrogen (secondary N) is 1. The molecule has 1 heterocycles. The van der Waals surface area contributed by atoms with Crippen molar-refractivity contribution in [2.45, 2.75) is 51.9 Å². The lowest BCUT2D eigenvalue weighted by Crippen LogP contribution is -2.00. The molecule has 0 bridgehead atoms. The van der Waals surface area contributed by atoms with E-state index in [9.17, 15) is 4.79 Å². The number of aromatic nitrogens is 2. The second-order valence-corrected chi connectivity index (χ2v) is 5.06. The molecule has 0 radical (unpaired) electrons. The molecule has 1 N–H and O–H groups in total. The molecular formula is C16H22N2O. The normalized spacial score (nSPS) is 11.0. The van der Waals surface area contributed by atoms with Crippen LogP contribution in [0.2, 0.25) is 0 Å². The molecule has 1 aromatic carbocycles. The highest BCUT2D eigenvalue weighted by molar-refractivity contribution is 6.05. The molecule has 0 saturated carbocycles. The smallest absolute Gasteiger partial charge is 0.183 e. The number of carbonyl (C=O) groups excluding carboxylic acids is 1. The molecule has 0 aliphatic heterocycles. The standard InChI is InChI=1S/C16H22N2O/c1-2-3-4-5-6-7-12-15(19)16-13-10-8-9-11-14(13)17-18-16/h8-11H,2-7,12H2,1H3,(H,17,18). The first-order valence-electron chi connectivity index (χ1n) is 7.29. The fraction of sp³-hybridized carbons (Fsp3) is 0.500. The van der Waals surface area contributed by atoms with Crippen LogP contribution in [0.4, 0.5) is 0 Å². The average Bonchev–Trinajstić information content (AvgIpc) is 2.86. The number of hydrogen-bond donors (Lipinski definition) is 1. The largest absolute Gasteiger partial charge is 0.292 e. The van der Waals surface area contributed by atoms with Gasteiger partial charge < -0.3 is 0 Å². The maximum Gasteiger partial charge on any atom is 0.183 e. The van der Waals surface area contributed by atoms with Crippen molar-refractivity contribution in [3.8, 4) is 0 Å². The minimum absolute atomic E-state index is 0.160. The zero-order chi connectivity index (χ0) is 13.5. The van der Waals surface area contributed by atoms with E-state index < -0.39 is 0 Å². The van der Waals surface area contributed by atoms with Gasteiger partial charge in [-0.25, -0.2) is 0 Å². The zero-order valence-corrected chi connectivity index (χ0v) is 11.6. The SMILES string of the molecule is CCCCCCCCC(=O)c1n[nH]c2ccccc12. The van der Waals surface area contributed by atoms with Crippen LogP contribution in [0.5, 0.6) is 0 Å². The van der Waals surface area contributed by atoms with Crippen LogP contribution < -0.4 is 0 Å². The van der Waals surface area contributed by atoms with Crippen LogP contribution in [0, 0.1) is 0 Å². The first kappa shape index (κ1) is 13.8. The van der Waals surface area contributed by atoms with E-state index in [-0.39, 0.29) is 5.78 Å². The molecule has 102 valence electrons. The number of para-hydroxylation sites is 1. The summed E-state index contributed by atoms with van der Waals surface area (Å²) in [5.41, 5.74) is 1.54. The lowest BCUT2D eigenvalue weighted by atomic mass is 10.0. The zero-order valence-electron chi connectivity index (χ0n) is 11.6. The van der Waals surface area contributed by atoms with E-state index in [2.05, 4.69) is 17.1 Å². The van der Waals surface area contributed by atoms with Crippen molar-refractivity contribution in [2.75, 3.05) is 0 Å². The first-order valence-corrected chi connectivity index (χ1v) is 7.29. The lowest BCUT2D eigenvalue weighted by Gasteiger charge is -2.00. The van der Waals surface area contributed by atoms with E-state index in [1.54, 1.807) is 0 Å². The van der Waals surface area contributed by atoms with Gasteiger partial charge in [0, 0.05) is 11.8 Å². The van der Waals surface area contributed by atoms with Crippen LogP contribution in [-0.2, 0) is 0 Å². The maximum atomic E-state index is 12.1. The highest BCUT2D eigenvalue weighted by atomic mass is 16.1. The maximum absolute atomic E-state index is 12.1. The van der Waals surface area contributed by atoms with Gasteiger partial charge in [0.25, 0.3) is 0 Å². The number of aromatic amines is 1. The second-order valence-electron chi connectivity index (χ2n) is 5.06. The molecule has 3 heteroatoms. The molecule has 0 amide bonds. The molecule has 2 rings (SSSR count). The van der Waals surface area contributed by atoms with Crippen LogP contribution in [-0.4, -0.2) is 16.0 Å². The number of hydrogen-bond acceptors (Lipinski definition) is 2. The molecule has 2 aromatic rings. The Hall–Kier alpha value is -1.64. The van der Waals surface area contributed by atoms with Gasteiger partial charge in [0.1, 0.15) is 5.69 Å². The van der Waals surface area contributed by atoms with Crippen molar-refractivity contribution in [3.63, 3.8) is 0 Å². The van der Waals surface area contributed by atoms with Crippen molar-refractivity contribution in [2.24, 2.45) is 0 Å². The van der Waals surface area contributed by atoms with Gasteiger partial charge in [0.2, 0.25) is 0 Å². The topological polar surface area (TPSA) is 45.8 Å². The Morgan fingerprint density at radius 2 is 1.84 bits per heavy atom. The minimum atomic E-state index is 0.160. The van der Waals surface area contributed by atoms with Crippen LogP contribution in [0.15, 0.2) is 24.3 Å². The van der Waals surface area contributed by atoms with E-state index in [1.807, 2.05) is 24.3 Å². The Bertz CT molecular complexity index is 530. The van der Waals surface area contributed by atoms with Gasteiger partial charge >= 0.3 is 0 Å². The molecule has 0 aliphatic carbocycles. The molecule has 3 nitrogen and oxygen atoms in total. The predicted octanol–water partition coefficient (Wildman–Crippen LogP) is 4.50. The molecule has 19 heavy (non-hydrogen) atoms. The number of nitrogens with zero attached hydrogens (tertiary/aromatic N) is 1. The molecule has 0 aliphatic rings. The Kier molecular flexibility index (Phi) is 5.13. The number of ketones is 1. The van der Waals surface area contributed by atoms with Crippen LogP contribution in [0.1, 0.15) is 62.4 Å². The highest BCUT2D eigenvalue weighted by Gasteiger charge is 2.12. The fourth-order valence-corrected chi connectivity index (χ4v) is 2.36. The number of benzene rings is 1. The van der Waals surface area contributed by atoms with Crippen LogP contribution in [0.25, 0.3) is 10.9 Å². The average molecular weight is 258 g/mol. The van der Waals surface area contributed by atoms with Gasteiger partial charge in [-0.15, -0.1) is 0 Å². The number of unbranched alkanes of at least 4 members (excludes halogenated alkanes) is 5. The molecule has 0 spiro atoms. The van der Waals surface area contributed by atoms with Crippen molar-refractivity contribution >= 4 is 16.7 Å². The van der Waals surface area contributed by atoms with E-state index >= 15 is 0 Å². The summed E-state index contributed by atoms with van der Waals surface area (Å²) in [6.45, 7) is 2.21. The van der Waals surface area contributed by atoms with Gasteiger partial charge in [-0.3, -0.25) is 9.89 Å².